The molecule has 0 amide bonds. The van der Waals surface area contributed by atoms with Crippen molar-refractivity contribution < 1.29 is 4.74 Å². The third-order valence-electron chi connectivity index (χ3n) is 2.91. The van der Waals surface area contributed by atoms with E-state index in [9.17, 15) is 0 Å². The Hall–Kier alpha value is -0.0300. The Morgan fingerprint density at radius 1 is 1.35 bits per heavy atom. The molecule has 4 heteroatoms. The molecule has 1 aliphatic heterocycles. The number of rotatable bonds is 4. The quantitative estimate of drug-likeness (QED) is 0.926. The molecule has 1 aliphatic rings. The Morgan fingerprint density at radius 3 is 2.76 bits per heavy atom. The Balaban J connectivity index is 1.98. The Bertz CT molecular complexity index is 366. The topological polar surface area (TPSA) is 35.2 Å². The molecule has 1 heterocycles. The molecule has 2 nitrogen and oxygen atoms in total. The van der Waals surface area contributed by atoms with Crippen molar-refractivity contribution in [2.75, 3.05) is 19.8 Å². The summed E-state index contributed by atoms with van der Waals surface area (Å²) < 4.78 is 6.56. The highest BCUT2D eigenvalue weighted by molar-refractivity contribution is 9.10. The first-order valence-electron chi connectivity index (χ1n) is 6.02. The number of hydrogen-bond donors (Lipinski definition) is 1. The lowest BCUT2D eigenvalue weighted by Gasteiger charge is -2.21. The molecule has 0 spiro atoms. The SMILES string of the molecule is NCCc1ccc(SC2CCOCC2)cc1Br. The van der Waals surface area contributed by atoms with Crippen LogP contribution in [-0.2, 0) is 11.2 Å². The van der Waals surface area contributed by atoms with Crippen LogP contribution in [0.1, 0.15) is 18.4 Å². The molecule has 0 aromatic heterocycles. The minimum absolute atomic E-state index is 0.699. The second kappa shape index (κ2) is 6.78. The van der Waals surface area contributed by atoms with Crippen molar-refractivity contribution in [3.63, 3.8) is 0 Å². The largest absolute Gasteiger partial charge is 0.381 e. The van der Waals surface area contributed by atoms with Crippen molar-refractivity contribution in [1.29, 1.82) is 0 Å². The van der Waals surface area contributed by atoms with Crippen molar-refractivity contribution in [2.24, 2.45) is 5.73 Å². The van der Waals surface area contributed by atoms with Gasteiger partial charge in [0, 0.05) is 27.8 Å². The van der Waals surface area contributed by atoms with Crippen LogP contribution in [-0.4, -0.2) is 25.0 Å². The molecule has 0 unspecified atom stereocenters. The highest BCUT2D eigenvalue weighted by Crippen LogP contribution is 2.32. The van der Waals surface area contributed by atoms with Gasteiger partial charge in [0.25, 0.3) is 0 Å². The fraction of sp³-hybridized carbons (Fsp3) is 0.538. The summed E-state index contributed by atoms with van der Waals surface area (Å²) in [5, 5.41) is 0.705. The van der Waals surface area contributed by atoms with Crippen molar-refractivity contribution in [1.82, 2.24) is 0 Å². The minimum atomic E-state index is 0.699. The first kappa shape index (κ1) is 13.4. The van der Waals surface area contributed by atoms with E-state index >= 15 is 0 Å². The van der Waals surface area contributed by atoms with Gasteiger partial charge in [0.1, 0.15) is 0 Å². The monoisotopic (exact) mass is 315 g/mol. The number of halogens is 1. The smallest absolute Gasteiger partial charge is 0.0476 e. The van der Waals surface area contributed by atoms with Crippen LogP contribution in [0.25, 0.3) is 0 Å². The highest BCUT2D eigenvalue weighted by Gasteiger charge is 2.15. The predicted octanol–water partition coefficient (Wildman–Crippen LogP) is 3.22. The summed E-state index contributed by atoms with van der Waals surface area (Å²) in [6.07, 6.45) is 3.25. The van der Waals surface area contributed by atoms with Crippen LogP contribution in [0.3, 0.4) is 0 Å². The zero-order valence-electron chi connectivity index (χ0n) is 9.82. The molecule has 0 bridgehead atoms. The molecular formula is C13H18BrNOS. The van der Waals surface area contributed by atoms with E-state index in [0.717, 1.165) is 32.5 Å². The molecule has 94 valence electrons. The first-order valence-corrected chi connectivity index (χ1v) is 7.70. The maximum atomic E-state index is 5.58. The van der Waals surface area contributed by atoms with Crippen LogP contribution in [0.4, 0.5) is 0 Å². The summed E-state index contributed by atoms with van der Waals surface area (Å²) in [4.78, 5) is 1.34. The van der Waals surface area contributed by atoms with Gasteiger partial charge in [0.15, 0.2) is 0 Å². The molecule has 1 saturated heterocycles. The van der Waals surface area contributed by atoms with E-state index in [1.165, 1.54) is 14.9 Å². The van der Waals surface area contributed by atoms with Gasteiger partial charge in [0.2, 0.25) is 0 Å². The Morgan fingerprint density at radius 2 is 2.12 bits per heavy atom. The number of hydrogen-bond acceptors (Lipinski definition) is 3. The summed E-state index contributed by atoms with van der Waals surface area (Å²) >= 11 is 5.58. The maximum Gasteiger partial charge on any atom is 0.0476 e. The maximum absolute atomic E-state index is 5.58. The van der Waals surface area contributed by atoms with E-state index in [2.05, 4.69) is 34.1 Å². The third-order valence-corrected chi connectivity index (χ3v) is 4.98. The predicted molar refractivity (Wildman–Crippen MR) is 76.6 cm³/mol. The first-order chi connectivity index (χ1) is 8.29. The summed E-state index contributed by atoms with van der Waals surface area (Å²) in [7, 11) is 0. The van der Waals surface area contributed by atoms with Crippen LogP contribution >= 0.6 is 27.7 Å². The van der Waals surface area contributed by atoms with Gasteiger partial charge < -0.3 is 10.5 Å². The van der Waals surface area contributed by atoms with E-state index in [0.29, 0.717) is 11.8 Å². The van der Waals surface area contributed by atoms with E-state index in [-0.39, 0.29) is 0 Å². The summed E-state index contributed by atoms with van der Waals surface area (Å²) in [5.41, 5.74) is 6.87. The number of thioether (sulfide) groups is 1. The van der Waals surface area contributed by atoms with Crippen LogP contribution < -0.4 is 5.73 Å². The van der Waals surface area contributed by atoms with Gasteiger partial charge in [-0.2, -0.15) is 0 Å². The summed E-state index contributed by atoms with van der Waals surface area (Å²) in [6, 6.07) is 6.60. The van der Waals surface area contributed by atoms with Gasteiger partial charge in [-0.1, -0.05) is 22.0 Å². The zero-order chi connectivity index (χ0) is 12.1. The zero-order valence-corrected chi connectivity index (χ0v) is 12.2. The summed E-state index contributed by atoms with van der Waals surface area (Å²) in [6.45, 7) is 2.51. The van der Waals surface area contributed by atoms with Gasteiger partial charge >= 0.3 is 0 Å². The minimum Gasteiger partial charge on any atom is -0.381 e. The van der Waals surface area contributed by atoms with E-state index in [1.807, 2.05) is 11.8 Å². The van der Waals surface area contributed by atoms with Crippen LogP contribution in [0.15, 0.2) is 27.6 Å². The molecular weight excluding hydrogens is 298 g/mol. The molecule has 1 aromatic carbocycles. The Labute approximate surface area is 115 Å². The Kier molecular flexibility index (Phi) is 5.35. The van der Waals surface area contributed by atoms with Gasteiger partial charge in [-0.25, -0.2) is 0 Å². The average Bonchev–Trinajstić information content (AvgIpc) is 2.34. The molecule has 0 atom stereocenters. The van der Waals surface area contributed by atoms with Crippen molar-refractivity contribution in [2.45, 2.75) is 29.4 Å². The van der Waals surface area contributed by atoms with Crippen molar-refractivity contribution >= 4 is 27.7 Å². The molecule has 2 N–H and O–H groups in total. The lowest BCUT2D eigenvalue weighted by Crippen LogP contribution is -2.17. The van der Waals surface area contributed by atoms with Crippen LogP contribution in [0, 0.1) is 0 Å². The molecule has 0 radical (unpaired) electrons. The standard InChI is InChI=1S/C13H18BrNOS/c14-13-9-12(2-1-10(13)3-6-15)17-11-4-7-16-8-5-11/h1-2,9,11H,3-8,15H2. The van der Waals surface area contributed by atoms with E-state index < -0.39 is 0 Å². The molecule has 2 rings (SSSR count). The van der Waals surface area contributed by atoms with Gasteiger partial charge in [-0.05, 0) is 43.5 Å². The van der Waals surface area contributed by atoms with Gasteiger partial charge in [-0.3, -0.25) is 0 Å². The van der Waals surface area contributed by atoms with Crippen molar-refractivity contribution in [3.05, 3.63) is 28.2 Å². The number of nitrogens with two attached hydrogens (primary N) is 1. The lowest BCUT2D eigenvalue weighted by molar-refractivity contribution is 0.100. The van der Waals surface area contributed by atoms with Gasteiger partial charge in [0.05, 0.1) is 0 Å². The average molecular weight is 316 g/mol. The fourth-order valence-electron chi connectivity index (χ4n) is 1.95. The normalized spacial score (nSPS) is 17.3. The molecule has 0 saturated carbocycles. The summed E-state index contributed by atoms with van der Waals surface area (Å²) in [5.74, 6) is 0. The highest BCUT2D eigenvalue weighted by atomic mass is 79.9. The van der Waals surface area contributed by atoms with E-state index in [1.54, 1.807) is 0 Å². The molecule has 1 fully saturated rings. The molecule has 0 aliphatic carbocycles. The number of benzene rings is 1. The molecule has 17 heavy (non-hydrogen) atoms. The van der Waals surface area contributed by atoms with Crippen molar-refractivity contribution in [3.8, 4) is 0 Å². The molecule has 1 aromatic rings. The van der Waals surface area contributed by atoms with Gasteiger partial charge in [-0.15, -0.1) is 11.8 Å². The van der Waals surface area contributed by atoms with Crippen LogP contribution in [0.2, 0.25) is 0 Å². The van der Waals surface area contributed by atoms with Crippen LogP contribution in [0.5, 0.6) is 0 Å². The van der Waals surface area contributed by atoms with E-state index in [4.69, 9.17) is 10.5 Å². The fourth-order valence-corrected chi connectivity index (χ4v) is 3.82. The second-order valence-corrected chi connectivity index (χ2v) is 6.45. The second-order valence-electron chi connectivity index (χ2n) is 4.22. The lowest BCUT2D eigenvalue weighted by atomic mass is 10.1. The number of ether oxygens (including phenoxy) is 1. The third kappa shape index (κ3) is 3.98.